The Labute approximate surface area is 167 Å². The molecule has 0 saturated heterocycles. The van der Waals surface area contributed by atoms with Crippen molar-refractivity contribution in [3.05, 3.63) is 53.6 Å². The Hall–Kier alpha value is -3.11. The molecule has 2 aromatic carbocycles. The van der Waals surface area contributed by atoms with Crippen molar-refractivity contribution >= 4 is 22.0 Å². The van der Waals surface area contributed by atoms with Crippen LogP contribution in [0, 0.1) is 0 Å². The second-order valence-corrected chi connectivity index (χ2v) is 7.66. The second kappa shape index (κ2) is 9.39. The molecule has 0 saturated carbocycles. The molecule has 0 aliphatic rings. The minimum absolute atomic E-state index is 0.0673. The Kier molecular flexibility index (Phi) is 7.18. The van der Waals surface area contributed by atoms with Crippen LogP contribution in [-0.2, 0) is 14.8 Å². The number of aliphatic carboxylic acids is 1. The zero-order valence-corrected chi connectivity index (χ0v) is 16.6. The van der Waals surface area contributed by atoms with Crippen LogP contribution in [0.25, 0.3) is 0 Å². The van der Waals surface area contributed by atoms with Gasteiger partial charge in [0.15, 0.2) is 11.5 Å². The molecule has 9 nitrogen and oxygen atoms in total. The third-order valence-corrected chi connectivity index (χ3v) is 5.47. The number of carboxylic acids is 2. The number of hydrogen-bond acceptors (Lipinski definition) is 6. The maximum atomic E-state index is 12.7. The van der Waals surface area contributed by atoms with Crippen LogP contribution < -0.4 is 14.2 Å². The lowest BCUT2D eigenvalue weighted by molar-refractivity contribution is -0.137. The summed E-state index contributed by atoms with van der Waals surface area (Å²) >= 11 is 0. The van der Waals surface area contributed by atoms with Crippen LogP contribution in [0.1, 0.15) is 35.3 Å². The number of hydrogen-bond donors (Lipinski definition) is 3. The first kappa shape index (κ1) is 22.2. The minimum Gasteiger partial charge on any atom is -0.493 e. The van der Waals surface area contributed by atoms with Gasteiger partial charge in [-0.05, 0) is 48.9 Å². The number of sulfonamides is 1. The average molecular weight is 423 g/mol. The van der Waals surface area contributed by atoms with Gasteiger partial charge in [0.1, 0.15) is 0 Å². The molecule has 0 aliphatic heterocycles. The fourth-order valence-electron chi connectivity index (χ4n) is 2.61. The number of carboxylic acid groups (broad SMARTS) is 2. The van der Waals surface area contributed by atoms with Gasteiger partial charge in [0.25, 0.3) is 0 Å². The zero-order valence-electron chi connectivity index (χ0n) is 15.8. The van der Waals surface area contributed by atoms with Crippen molar-refractivity contribution < 1.29 is 37.7 Å². The number of carbonyl (C=O) groups is 2. The van der Waals surface area contributed by atoms with Crippen molar-refractivity contribution in [2.75, 3.05) is 13.7 Å². The van der Waals surface area contributed by atoms with Crippen molar-refractivity contribution in [1.29, 1.82) is 0 Å². The van der Waals surface area contributed by atoms with E-state index >= 15 is 0 Å². The third-order valence-electron chi connectivity index (χ3n) is 3.98. The quantitative estimate of drug-likeness (QED) is 0.529. The van der Waals surface area contributed by atoms with E-state index in [1.165, 1.54) is 13.2 Å². The zero-order chi connectivity index (χ0) is 21.6. The highest BCUT2D eigenvalue weighted by atomic mass is 32.2. The maximum Gasteiger partial charge on any atom is 0.335 e. The van der Waals surface area contributed by atoms with Crippen LogP contribution in [-0.4, -0.2) is 44.3 Å². The molecular weight excluding hydrogens is 402 g/mol. The van der Waals surface area contributed by atoms with E-state index < -0.39 is 34.4 Å². The average Bonchev–Trinajstić information content (AvgIpc) is 2.67. The smallest absolute Gasteiger partial charge is 0.335 e. The van der Waals surface area contributed by atoms with E-state index in [4.69, 9.17) is 14.6 Å². The van der Waals surface area contributed by atoms with Crippen LogP contribution in [0.4, 0.5) is 0 Å². The van der Waals surface area contributed by atoms with E-state index in [9.17, 15) is 23.1 Å². The van der Waals surface area contributed by atoms with Gasteiger partial charge in [-0.2, -0.15) is 0 Å². The number of aromatic carboxylic acids is 1. The molecule has 1 atom stereocenters. The van der Waals surface area contributed by atoms with Crippen LogP contribution in [0.15, 0.2) is 47.4 Å². The summed E-state index contributed by atoms with van der Waals surface area (Å²) in [6.07, 6.45) is -0.510. The molecule has 0 spiro atoms. The highest BCUT2D eigenvalue weighted by molar-refractivity contribution is 7.89. The Morgan fingerprint density at radius 3 is 2.24 bits per heavy atom. The van der Waals surface area contributed by atoms with Crippen molar-refractivity contribution in [1.82, 2.24) is 4.72 Å². The van der Waals surface area contributed by atoms with E-state index in [0.29, 0.717) is 23.7 Å². The first-order chi connectivity index (χ1) is 13.7. The molecule has 29 heavy (non-hydrogen) atoms. The predicted molar refractivity (Wildman–Crippen MR) is 103 cm³/mol. The fraction of sp³-hybridized carbons (Fsp3) is 0.263. The highest BCUT2D eigenvalue weighted by Gasteiger charge is 2.25. The maximum absolute atomic E-state index is 12.7. The van der Waals surface area contributed by atoms with Gasteiger partial charge in [-0.3, -0.25) is 4.79 Å². The number of nitrogens with one attached hydrogen (secondary N) is 1. The first-order valence-electron chi connectivity index (χ1n) is 8.56. The highest BCUT2D eigenvalue weighted by Crippen LogP contribution is 2.32. The summed E-state index contributed by atoms with van der Waals surface area (Å²) in [6, 6.07) is 8.15. The van der Waals surface area contributed by atoms with Gasteiger partial charge in [0.2, 0.25) is 10.0 Å². The SMILES string of the molecule is CCOc1ccc(C(CC(=O)O)NS(=O)(=O)c2ccc(C(=O)O)cc2)cc1OC. The van der Waals surface area contributed by atoms with Crippen LogP contribution >= 0.6 is 0 Å². The number of benzene rings is 2. The molecule has 0 aliphatic carbocycles. The molecule has 0 fully saturated rings. The van der Waals surface area contributed by atoms with Crippen molar-refractivity contribution in [3.8, 4) is 11.5 Å². The molecule has 1 unspecified atom stereocenters. The van der Waals surface area contributed by atoms with Gasteiger partial charge in [-0.15, -0.1) is 0 Å². The molecule has 10 heteroatoms. The summed E-state index contributed by atoms with van der Waals surface area (Å²) in [5, 5.41) is 18.1. The van der Waals surface area contributed by atoms with E-state index in [1.54, 1.807) is 19.1 Å². The third kappa shape index (κ3) is 5.69. The lowest BCUT2D eigenvalue weighted by Crippen LogP contribution is -2.30. The van der Waals surface area contributed by atoms with Gasteiger partial charge in [0, 0.05) is 0 Å². The second-order valence-electron chi connectivity index (χ2n) is 5.94. The molecule has 3 N–H and O–H groups in total. The van der Waals surface area contributed by atoms with Crippen molar-refractivity contribution in [2.45, 2.75) is 24.3 Å². The fourth-order valence-corrected chi connectivity index (χ4v) is 3.83. The normalized spacial score (nSPS) is 12.2. The van der Waals surface area contributed by atoms with Gasteiger partial charge in [0.05, 0.1) is 36.6 Å². The standard InChI is InChI=1S/C19H21NO8S/c1-3-28-16-9-6-13(10-17(16)27-2)15(11-18(21)22)20-29(25,26)14-7-4-12(5-8-14)19(23)24/h4-10,15,20H,3,11H2,1-2H3,(H,21,22)(H,23,24). The molecule has 0 amide bonds. The lowest BCUT2D eigenvalue weighted by atomic mass is 10.0. The minimum atomic E-state index is -4.11. The van der Waals surface area contributed by atoms with Crippen LogP contribution in [0.2, 0.25) is 0 Å². The molecule has 0 aromatic heterocycles. The first-order valence-corrected chi connectivity index (χ1v) is 10.0. The largest absolute Gasteiger partial charge is 0.493 e. The van der Waals surface area contributed by atoms with Gasteiger partial charge in [-0.1, -0.05) is 6.07 Å². The monoisotopic (exact) mass is 423 g/mol. The van der Waals surface area contributed by atoms with Crippen molar-refractivity contribution in [3.63, 3.8) is 0 Å². The molecule has 0 heterocycles. The van der Waals surface area contributed by atoms with Gasteiger partial charge >= 0.3 is 11.9 Å². The van der Waals surface area contributed by atoms with Gasteiger partial charge in [-0.25, -0.2) is 17.9 Å². The van der Waals surface area contributed by atoms with Crippen LogP contribution in [0.3, 0.4) is 0 Å². The summed E-state index contributed by atoms with van der Waals surface area (Å²) in [5.41, 5.74) is 0.306. The van der Waals surface area contributed by atoms with Gasteiger partial charge < -0.3 is 19.7 Å². The summed E-state index contributed by atoms with van der Waals surface area (Å²) < 4.78 is 38.4. The number of rotatable bonds is 10. The predicted octanol–water partition coefficient (Wildman–Crippen LogP) is 2.29. The van der Waals surface area contributed by atoms with E-state index in [2.05, 4.69) is 4.72 Å². The summed E-state index contributed by atoms with van der Waals surface area (Å²) in [7, 11) is -2.70. The molecule has 156 valence electrons. The van der Waals surface area contributed by atoms with E-state index in [1.807, 2.05) is 0 Å². The molecule has 0 bridgehead atoms. The Morgan fingerprint density at radius 1 is 1.07 bits per heavy atom. The molecular formula is C19H21NO8S. The van der Waals surface area contributed by atoms with Crippen LogP contribution in [0.5, 0.6) is 11.5 Å². The Bertz CT molecular complexity index is 986. The summed E-state index contributed by atoms with van der Waals surface area (Å²) in [4.78, 5) is 22.0. The van der Waals surface area contributed by atoms with E-state index in [-0.39, 0.29) is 10.5 Å². The molecule has 2 aromatic rings. The lowest BCUT2D eigenvalue weighted by Gasteiger charge is -2.19. The molecule has 0 radical (unpaired) electrons. The number of methoxy groups -OCH3 is 1. The Balaban J connectivity index is 2.37. The van der Waals surface area contributed by atoms with E-state index in [0.717, 1.165) is 24.3 Å². The topological polar surface area (TPSA) is 139 Å². The summed E-state index contributed by atoms with van der Waals surface area (Å²) in [6.45, 7) is 2.19. The Morgan fingerprint density at radius 2 is 1.72 bits per heavy atom. The van der Waals surface area contributed by atoms with Crippen molar-refractivity contribution in [2.24, 2.45) is 0 Å². The molecule has 2 rings (SSSR count). The summed E-state index contributed by atoms with van der Waals surface area (Å²) in [5.74, 6) is -1.61. The number of ether oxygens (including phenoxy) is 2.